The molecule has 7 heteroatoms. The fourth-order valence-corrected chi connectivity index (χ4v) is 1.57. The van der Waals surface area contributed by atoms with Crippen LogP contribution in [0.5, 0.6) is 0 Å². The van der Waals surface area contributed by atoms with E-state index >= 15 is 0 Å². The van der Waals surface area contributed by atoms with E-state index in [1.54, 1.807) is 20.3 Å². The minimum atomic E-state index is -0.287. The number of hydrogen-bond acceptors (Lipinski definition) is 4. The van der Waals surface area contributed by atoms with Crippen LogP contribution < -0.4 is 15.5 Å². The van der Waals surface area contributed by atoms with Crippen LogP contribution in [0.2, 0.25) is 0 Å². The Morgan fingerprint density at radius 1 is 1.19 bits per heavy atom. The van der Waals surface area contributed by atoms with Crippen LogP contribution in [0.25, 0.3) is 0 Å². The fourth-order valence-electron chi connectivity index (χ4n) is 1.57. The molecule has 0 atom stereocenters. The first-order valence-electron chi connectivity index (χ1n) is 6.74. The maximum Gasteiger partial charge on any atom is 0.315 e. The zero-order valence-corrected chi connectivity index (χ0v) is 13.0. The summed E-state index contributed by atoms with van der Waals surface area (Å²) >= 11 is 0. The van der Waals surface area contributed by atoms with Crippen molar-refractivity contribution in [3.05, 3.63) is 23.9 Å². The molecule has 0 saturated heterocycles. The standard InChI is InChI=1S/C14H23N5O2/c1-18(2)12-9-11(5-7-15-12)10-17-14(21)16-8-6-13(20)19(3)4/h5,7,9H,6,8,10H2,1-4H3,(H2,16,17,21). The summed E-state index contributed by atoms with van der Waals surface area (Å²) in [6.07, 6.45) is 2.00. The van der Waals surface area contributed by atoms with E-state index in [0.717, 1.165) is 11.4 Å². The van der Waals surface area contributed by atoms with E-state index in [4.69, 9.17) is 0 Å². The number of urea groups is 1. The van der Waals surface area contributed by atoms with Crippen LogP contribution in [0.3, 0.4) is 0 Å². The molecule has 1 aromatic heterocycles. The van der Waals surface area contributed by atoms with Crippen molar-refractivity contribution in [3.8, 4) is 0 Å². The second kappa shape index (κ2) is 8.08. The molecule has 3 amide bonds. The van der Waals surface area contributed by atoms with Gasteiger partial charge >= 0.3 is 6.03 Å². The Labute approximate surface area is 125 Å². The average Bonchev–Trinajstić information content (AvgIpc) is 2.45. The lowest BCUT2D eigenvalue weighted by atomic mass is 10.2. The molecule has 116 valence electrons. The Bertz CT molecular complexity index is 488. The highest BCUT2D eigenvalue weighted by Crippen LogP contribution is 2.08. The Kier molecular flexibility index (Phi) is 6.45. The number of nitrogens with zero attached hydrogens (tertiary/aromatic N) is 3. The van der Waals surface area contributed by atoms with Gasteiger partial charge in [-0.3, -0.25) is 4.79 Å². The summed E-state index contributed by atoms with van der Waals surface area (Å²) in [5, 5.41) is 5.40. The van der Waals surface area contributed by atoms with Crippen LogP contribution in [0.1, 0.15) is 12.0 Å². The number of amides is 3. The number of anilines is 1. The summed E-state index contributed by atoms with van der Waals surface area (Å²) in [4.78, 5) is 30.6. The van der Waals surface area contributed by atoms with Gasteiger partial charge in [0.15, 0.2) is 0 Å². The molecular formula is C14H23N5O2. The number of nitrogens with one attached hydrogen (secondary N) is 2. The second-order valence-corrected chi connectivity index (χ2v) is 5.06. The van der Waals surface area contributed by atoms with E-state index in [1.165, 1.54) is 4.90 Å². The van der Waals surface area contributed by atoms with Crippen molar-refractivity contribution >= 4 is 17.8 Å². The van der Waals surface area contributed by atoms with E-state index in [9.17, 15) is 9.59 Å². The molecule has 0 aromatic carbocycles. The zero-order valence-electron chi connectivity index (χ0n) is 13.0. The van der Waals surface area contributed by atoms with Crippen LogP contribution in [0.4, 0.5) is 10.6 Å². The molecule has 0 unspecified atom stereocenters. The molecule has 0 bridgehead atoms. The first-order chi connectivity index (χ1) is 9.90. The first-order valence-corrected chi connectivity index (χ1v) is 6.74. The summed E-state index contributed by atoms with van der Waals surface area (Å²) in [5.74, 6) is 0.825. The molecule has 2 N–H and O–H groups in total. The molecule has 0 radical (unpaired) electrons. The van der Waals surface area contributed by atoms with Crippen molar-refractivity contribution in [1.82, 2.24) is 20.5 Å². The largest absolute Gasteiger partial charge is 0.363 e. The van der Waals surface area contributed by atoms with Crippen molar-refractivity contribution in [2.24, 2.45) is 0 Å². The minimum Gasteiger partial charge on any atom is -0.363 e. The van der Waals surface area contributed by atoms with Crippen LogP contribution in [0.15, 0.2) is 18.3 Å². The zero-order chi connectivity index (χ0) is 15.8. The highest BCUT2D eigenvalue weighted by atomic mass is 16.2. The third-order valence-electron chi connectivity index (χ3n) is 2.84. The van der Waals surface area contributed by atoms with Gasteiger partial charge in [-0.1, -0.05) is 0 Å². The van der Waals surface area contributed by atoms with Crippen molar-refractivity contribution in [2.45, 2.75) is 13.0 Å². The SMILES string of the molecule is CN(C)C(=O)CCNC(=O)NCc1ccnc(N(C)C)c1. The lowest BCUT2D eigenvalue weighted by Crippen LogP contribution is -2.37. The maximum atomic E-state index is 11.6. The molecule has 1 aromatic rings. The molecule has 21 heavy (non-hydrogen) atoms. The Morgan fingerprint density at radius 3 is 2.52 bits per heavy atom. The summed E-state index contributed by atoms with van der Waals surface area (Å²) in [7, 11) is 7.20. The number of carbonyl (C=O) groups is 2. The molecule has 0 aliphatic rings. The molecule has 0 fully saturated rings. The molecule has 1 rings (SSSR count). The van der Waals surface area contributed by atoms with Crippen molar-refractivity contribution in [2.75, 3.05) is 39.6 Å². The van der Waals surface area contributed by atoms with Gasteiger partial charge in [-0.05, 0) is 17.7 Å². The van der Waals surface area contributed by atoms with E-state index in [2.05, 4.69) is 15.6 Å². The number of pyridine rings is 1. The summed E-state index contributed by atoms with van der Waals surface area (Å²) in [6, 6.07) is 3.48. The molecule has 0 spiro atoms. The molecule has 7 nitrogen and oxygen atoms in total. The normalized spacial score (nSPS) is 9.90. The van der Waals surface area contributed by atoms with Crippen molar-refractivity contribution in [1.29, 1.82) is 0 Å². The number of hydrogen-bond donors (Lipinski definition) is 2. The van der Waals surface area contributed by atoms with Crippen LogP contribution in [0, 0.1) is 0 Å². The van der Waals surface area contributed by atoms with Crippen LogP contribution >= 0.6 is 0 Å². The van der Waals surface area contributed by atoms with Gasteiger partial charge in [0.25, 0.3) is 0 Å². The minimum absolute atomic E-state index is 0.0138. The Balaban J connectivity index is 2.33. The van der Waals surface area contributed by atoms with Gasteiger partial charge in [0.2, 0.25) is 5.91 Å². The Morgan fingerprint density at radius 2 is 1.90 bits per heavy atom. The average molecular weight is 293 g/mol. The van der Waals surface area contributed by atoms with E-state index in [0.29, 0.717) is 19.5 Å². The highest BCUT2D eigenvalue weighted by molar-refractivity contribution is 5.77. The van der Waals surface area contributed by atoms with Crippen LogP contribution in [-0.2, 0) is 11.3 Å². The fraction of sp³-hybridized carbons (Fsp3) is 0.500. The quantitative estimate of drug-likeness (QED) is 0.797. The van der Waals surface area contributed by atoms with Gasteiger partial charge in [-0.25, -0.2) is 9.78 Å². The smallest absolute Gasteiger partial charge is 0.315 e. The number of aromatic nitrogens is 1. The van der Waals surface area contributed by atoms with Gasteiger partial charge in [0.1, 0.15) is 5.82 Å². The van der Waals surface area contributed by atoms with E-state index in [-0.39, 0.29) is 11.9 Å². The lowest BCUT2D eigenvalue weighted by molar-refractivity contribution is -0.128. The summed E-state index contributed by atoms with van der Waals surface area (Å²) < 4.78 is 0. The summed E-state index contributed by atoms with van der Waals surface area (Å²) in [6.45, 7) is 0.735. The first kappa shape index (κ1) is 16.7. The third-order valence-corrected chi connectivity index (χ3v) is 2.84. The van der Waals surface area contributed by atoms with Gasteiger partial charge in [-0.15, -0.1) is 0 Å². The van der Waals surface area contributed by atoms with Gasteiger partial charge in [0.05, 0.1) is 0 Å². The maximum absolute atomic E-state index is 11.6. The molecule has 0 saturated carbocycles. The monoisotopic (exact) mass is 293 g/mol. The van der Waals surface area contributed by atoms with Gasteiger partial charge in [0, 0.05) is 53.9 Å². The number of carbonyl (C=O) groups excluding carboxylic acids is 2. The summed E-state index contributed by atoms with van der Waals surface area (Å²) in [5.41, 5.74) is 0.966. The third kappa shape index (κ3) is 6.11. The van der Waals surface area contributed by atoms with Gasteiger partial charge in [-0.2, -0.15) is 0 Å². The second-order valence-electron chi connectivity index (χ2n) is 5.06. The molecule has 1 heterocycles. The molecule has 0 aliphatic carbocycles. The highest BCUT2D eigenvalue weighted by Gasteiger charge is 2.06. The predicted molar refractivity (Wildman–Crippen MR) is 82.1 cm³/mol. The van der Waals surface area contributed by atoms with Crippen molar-refractivity contribution in [3.63, 3.8) is 0 Å². The topological polar surface area (TPSA) is 77.6 Å². The van der Waals surface area contributed by atoms with Crippen molar-refractivity contribution < 1.29 is 9.59 Å². The van der Waals surface area contributed by atoms with E-state index in [1.807, 2.05) is 31.1 Å². The van der Waals surface area contributed by atoms with Gasteiger partial charge < -0.3 is 20.4 Å². The number of rotatable bonds is 6. The molecule has 0 aliphatic heterocycles. The lowest BCUT2D eigenvalue weighted by Gasteiger charge is -2.13. The Hall–Kier alpha value is -2.31. The van der Waals surface area contributed by atoms with Crippen LogP contribution in [-0.4, -0.2) is 56.6 Å². The van der Waals surface area contributed by atoms with E-state index < -0.39 is 0 Å². The predicted octanol–water partition coefficient (Wildman–Crippen LogP) is 0.425. The molecular weight excluding hydrogens is 270 g/mol.